The van der Waals surface area contributed by atoms with Crippen LogP contribution in [-0.4, -0.2) is 12.1 Å². The molecule has 0 bridgehead atoms. The van der Waals surface area contributed by atoms with Crippen LogP contribution >= 0.6 is 0 Å². The summed E-state index contributed by atoms with van der Waals surface area (Å²) in [5.74, 6) is 1.32. The Balaban J connectivity index is 1.88. The minimum absolute atomic E-state index is 0.378. The van der Waals surface area contributed by atoms with Crippen LogP contribution in [0.4, 0.5) is 0 Å². The number of aromatic nitrogens is 1. The topological polar surface area (TPSA) is 25.0 Å². The quantitative estimate of drug-likeness (QED) is 0.352. The van der Waals surface area contributed by atoms with Crippen LogP contribution in [0.3, 0.4) is 0 Å². The lowest BCUT2D eigenvalue weighted by atomic mass is 9.84. The number of methoxy groups -OCH3 is 1. The molecule has 0 fully saturated rings. The highest BCUT2D eigenvalue weighted by Crippen LogP contribution is 2.40. The van der Waals surface area contributed by atoms with Crippen molar-refractivity contribution < 1.29 is 4.74 Å². The number of rotatable bonds is 7. The molecular weight excluding hydrogens is 330 g/mol. The number of unbranched alkanes of at least 4 members (excludes halogenated alkanes) is 2. The minimum atomic E-state index is 0.378. The SMILES string of the molecule is CCCCCC(c1c[nH]c2ccccc12)c1ccc(OC)c2ccccc12. The van der Waals surface area contributed by atoms with E-state index in [1.165, 1.54) is 52.1 Å². The van der Waals surface area contributed by atoms with Crippen LogP contribution in [0, 0.1) is 0 Å². The predicted molar refractivity (Wildman–Crippen MR) is 115 cm³/mol. The van der Waals surface area contributed by atoms with Gasteiger partial charge in [0.05, 0.1) is 7.11 Å². The van der Waals surface area contributed by atoms with Gasteiger partial charge in [0, 0.05) is 28.4 Å². The Morgan fingerprint density at radius 2 is 1.56 bits per heavy atom. The van der Waals surface area contributed by atoms with Gasteiger partial charge in [0.2, 0.25) is 0 Å². The molecule has 0 radical (unpaired) electrons. The second-order valence-electron chi connectivity index (χ2n) is 7.24. The van der Waals surface area contributed by atoms with Crippen LogP contribution in [0.1, 0.15) is 49.7 Å². The third-order valence-electron chi connectivity index (χ3n) is 5.61. The van der Waals surface area contributed by atoms with Crippen molar-refractivity contribution in [1.29, 1.82) is 0 Å². The molecule has 2 heteroatoms. The van der Waals surface area contributed by atoms with Gasteiger partial charge >= 0.3 is 0 Å². The van der Waals surface area contributed by atoms with Crippen LogP contribution in [0.5, 0.6) is 5.75 Å². The average molecular weight is 357 g/mol. The molecule has 4 aromatic rings. The molecule has 0 amide bonds. The number of hydrogen-bond acceptors (Lipinski definition) is 1. The fourth-order valence-electron chi connectivity index (χ4n) is 4.24. The average Bonchev–Trinajstić information content (AvgIpc) is 3.15. The smallest absolute Gasteiger partial charge is 0.126 e. The van der Waals surface area contributed by atoms with Crippen molar-refractivity contribution in [2.24, 2.45) is 0 Å². The summed E-state index contributed by atoms with van der Waals surface area (Å²) in [5.41, 5.74) is 4.01. The van der Waals surface area contributed by atoms with Gasteiger partial charge in [-0.2, -0.15) is 0 Å². The van der Waals surface area contributed by atoms with Gasteiger partial charge in [0.1, 0.15) is 5.75 Å². The van der Waals surface area contributed by atoms with E-state index in [1.54, 1.807) is 7.11 Å². The maximum absolute atomic E-state index is 5.62. The molecule has 138 valence electrons. The molecule has 0 spiro atoms. The van der Waals surface area contributed by atoms with Gasteiger partial charge < -0.3 is 9.72 Å². The number of H-pyrrole nitrogens is 1. The number of nitrogens with one attached hydrogen (secondary N) is 1. The largest absolute Gasteiger partial charge is 0.496 e. The predicted octanol–water partition coefficient (Wildman–Crippen LogP) is 7.04. The Labute approximate surface area is 161 Å². The summed E-state index contributed by atoms with van der Waals surface area (Å²) < 4.78 is 5.62. The van der Waals surface area contributed by atoms with Gasteiger partial charge in [-0.15, -0.1) is 0 Å². The molecular formula is C25H27NO. The zero-order valence-corrected chi connectivity index (χ0v) is 16.2. The molecule has 1 aromatic heterocycles. The highest BCUT2D eigenvalue weighted by Gasteiger charge is 2.20. The van der Waals surface area contributed by atoms with E-state index in [4.69, 9.17) is 4.74 Å². The van der Waals surface area contributed by atoms with E-state index in [1.807, 2.05) is 0 Å². The van der Waals surface area contributed by atoms with Crippen LogP contribution < -0.4 is 4.74 Å². The van der Waals surface area contributed by atoms with Gasteiger partial charge in [-0.1, -0.05) is 74.7 Å². The Bertz CT molecular complexity index is 1050. The summed E-state index contributed by atoms with van der Waals surface area (Å²) in [6.45, 7) is 2.27. The van der Waals surface area contributed by atoms with Crippen LogP contribution in [0.25, 0.3) is 21.7 Å². The fourth-order valence-corrected chi connectivity index (χ4v) is 4.24. The first-order valence-electron chi connectivity index (χ1n) is 9.95. The summed E-state index contributed by atoms with van der Waals surface area (Å²) in [6.07, 6.45) is 7.12. The number of aromatic amines is 1. The van der Waals surface area contributed by atoms with Crippen molar-refractivity contribution in [2.45, 2.75) is 38.5 Å². The van der Waals surface area contributed by atoms with E-state index in [9.17, 15) is 0 Å². The number of benzene rings is 3. The molecule has 1 N–H and O–H groups in total. The van der Waals surface area contributed by atoms with Gasteiger partial charge in [0.15, 0.2) is 0 Å². The van der Waals surface area contributed by atoms with E-state index in [0.717, 1.165) is 12.2 Å². The molecule has 4 rings (SSSR count). The van der Waals surface area contributed by atoms with Crippen molar-refractivity contribution in [1.82, 2.24) is 4.98 Å². The first-order chi connectivity index (χ1) is 13.3. The highest BCUT2D eigenvalue weighted by atomic mass is 16.5. The van der Waals surface area contributed by atoms with Gasteiger partial charge in [-0.25, -0.2) is 0 Å². The lowest BCUT2D eigenvalue weighted by Gasteiger charge is -2.20. The summed E-state index contributed by atoms with van der Waals surface area (Å²) in [6, 6.07) is 21.6. The number of para-hydroxylation sites is 1. The summed E-state index contributed by atoms with van der Waals surface area (Å²) in [4.78, 5) is 3.47. The Morgan fingerprint density at radius 3 is 2.33 bits per heavy atom. The molecule has 0 aliphatic rings. The highest BCUT2D eigenvalue weighted by molar-refractivity contribution is 5.93. The van der Waals surface area contributed by atoms with Crippen molar-refractivity contribution in [3.05, 3.63) is 78.0 Å². The fraction of sp³-hybridized carbons (Fsp3) is 0.280. The van der Waals surface area contributed by atoms with E-state index < -0.39 is 0 Å². The van der Waals surface area contributed by atoms with E-state index in [0.29, 0.717) is 5.92 Å². The molecule has 2 nitrogen and oxygen atoms in total. The second-order valence-corrected chi connectivity index (χ2v) is 7.24. The summed E-state index contributed by atoms with van der Waals surface area (Å²) in [7, 11) is 1.75. The zero-order chi connectivity index (χ0) is 18.6. The molecule has 0 saturated carbocycles. The number of fused-ring (bicyclic) bond motifs is 2. The van der Waals surface area contributed by atoms with E-state index >= 15 is 0 Å². The minimum Gasteiger partial charge on any atom is -0.496 e. The molecule has 0 saturated heterocycles. The van der Waals surface area contributed by atoms with Gasteiger partial charge in [-0.3, -0.25) is 0 Å². The van der Waals surface area contributed by atoms with Crippen LogP contribution in [-0.2, 0) is 0 Å². The Morgan fingerprint density at radius 1 is 0.815 bits per heavy atom. The summed E-state index contributed by atoms with van der Waals surface area (Å²) >= 11 is 0. The molecule has 1 unspecified atom stereocenters. The first-order valence-corrected chi connectivity index (χ1v) is 9.95. The van der Waals surface area contributed by atoms with Crippen molar-refractivity contribution in [2.75, 3.05) is 7.11 Å². The third kappa shape index (κ3) is 3.32. The zero-order valence-electron chi connectivity index (χ0n) is 16.2. The third-order valence-corrected chi connectivity index (χ3v) is 5.61. The molecule has 3 aromatic carbocycles. The Hall–Kier alpha value is -2.74. The van der Waals surface area contributed by atoms with Crippen LogP contribution in [0.15, 0.2) is 66.9 Å². The molecule has 0 aliphatic carbocycles. The number of ether oxygens (including phenoxy) is 1. The standard InChI is InChI=1S/C25H27NO/c1-3-4-5-10-19(23-17-26-24-14-9-8-12-21(23)24)20-15-16-25(27-2)22-13-7-6-11-18(20)22/h6-9,11-17,19,26H,3-5,10H2,1-2H3. The van der Waals surface area contributed by atoms with E-state index in [-0.39, 0.29) is 0 Å². The van der Waals surface area contributed by atoms with Crippen LogP contribution in [0.2, 0.25) is 0 Å². The molecule has 1 heterocycles. The maximum atomic E-state index is 5.62. The number of hydrogen-bond donors (Lipinski definition) is 1. The second kappa shape index (κ2) is 7.87. The lowest BCUT2D eigenvalue weighted by molar-refractivity contribution is 0.419. The van der Waals surface area contributed by atoms with Crippen molar-refractivity contribution in [3.8, 4) is 5.75 Å². The van der Waals surface area contributed by atoms with Gasteiger partial charge in [0.25, 0.3) is 0 Å². The molecule has 1 atom stereocenters. The molecule has 27 heavy (non-hydrogen) atoms. The van der Waals surface area contributed by atoms with E-state index in [2.05, 4.69) is 78.8 Å². The maximum Gasteiger partial charge on any atom is 0.126 e. The lowest BCUT2D eigenvalue weighted by Crippen LogP contribution is -2.02. The van der Waals surface area contributed by atoms with Crippen molar-refractivity contribution >= 4 is 21.7 Å². The monoisotopic (exact) mass is 357 g/mol. The Kier molecular flexibility index (Phi) is 5.15. The summed E-state index contributed by atoms with van der Waals surface area (Å²) in [5, 5.41) is 3.82. The van der Waals surface area contributed by atoms with Gasteiger partial charge in [-0.05, 0) is 35.1 Å². The molecule has 0 aliphatic heterocycles. The van der Waals surface area contributed by atoms with Crippen molar-refractivity contribution in [3.63, 3.8) is 0 Å². The first kappa shape index (κ1) is 17.7. The normalized spacial score (nSPS) is 12.5.